The number of anilines is 1. The van der Waals surface area contributed by atoms with Crippen molar-refractivity contribution in [3.63, 3.8) is 0 Å². The molecule has 1 aliphatic heterocycles. The number of nitrogens with zero attached hydrogens (tertiary/aromatic N) is 3. The Morgan fingerprint density at radius 2 is 1.90 bits per heavy atom. The highest BCUT2D eigenvalue weighted by atomic mass is 16.5. The fourth-order valence-corrected chi connectivity index (χ4v) is 3.79. The van der Waals surface area contributed by atoms with E-state index in [2.05, 4.69) is 10.4 Å². The summed E-state index contributed by atoms with van der Waals surface area (Å²) < 4.78 is 12.4. The second kappa shape index (κ2) is 8.96. The third-order valence-corrected chi connectivity index (χ3v) is 5.33. The predicted octanol–water partition coefficient (Wildman–Crippen LogP) is 3.28. The lowest BCUT2D eigenvalue weighted by molar-refractivity contribution is -0.126. The number of rotatable bonds is 6. The summed E-state index contributed by atoms with van der Waals surface area (Å²) in [5.41, 5.74) is 0.785. The van der Waals surface area contributed by atoms with Gasteiger partial charge in [-0.1, -0.05) is 30.3 Å². The van der Waals surface area contributed by atoms with Gasteiger partial charge in [0.05, 0.1) is 18.5 Å². The number of likely N-dealkylation sites (tertiary alicyclic amines) is 1. The predicted molar refractivity (Wildman–Crippen MR) is 110 cm³/mol. The molecule has 0 radical (unpaired) electrons. The molecule has 1 fully saturated rings. The molecule has 1 atom stereocenters. The SMILES string of the molecule is COC(C(=O)Nc1ccnn1C1CCN(C(=O)c2ccco2)CC1)c1ccccc1. The maximum absolute atomic E-state index is 12.8. The number of amides is 2. The minimum atomic E-state index is -0.706. The van der Waals surface area contributed by atoms with Crippen LogP contribution in [0.3, 0.4) is 0 Å². The van der Waals surface area contributed by atoms with E-state index in [9.17, 15) is 9.59 Å². The molecule has 1 N–H and O–H groups in total. The highest BCUT2D eigenvalue weighted by Crippen LogP contribution is 2.27. The molecular formula is C22H24N4O4. The first-order valence-corrected chi connectivity index (χ1v) is 9.92. The fraction of sp³-hybridized carbons (Fsp3) is 0.318. The lowest BCUT2D eigenvalue weighted by Crippen LogP contribution is -2.39. The van der Waals surface area contributed by atoms with E-state index in [4.69, 9.17) is 9.15 Å². The Morgan fingerprint density at radius 3 is 2.57 bits per heavy atom. The first-order chi connectivity index (χ1) is 14.7. The molecule has 0 bridgehead atoms. The molecule has 8 nitrogen and oxygen atoms in total. The van der Waals surface area contributed by atoms with Crippen LogP contribution >= 0.6 is 0 Å². The molecule has 2 amide bonds. The van der Waals surface area contributed by atoms with Crippen molar-refractivity contribution >= 4 is 17.6 Å². The quantitative estimate of drug-likeness (QED) is 0.676. The van der Waals surface area contributed by atoms with Crippen LogP contribution in [-0.2, 0) is 9.53 Å². The average Bonchev–Trinajstić information content (AvgIpc) is 3.47. The summed E-state index contributed by atoms with van der Waals surface area (Å²) in [6, 6.07) is 14.6. The molecule has 8 heteroatoms. The van der Waals surface area contributed by atoms with E-state index in [1.807, 2.05) is 35.0 Å². The van der Waals surface area contributed by atoms with Crippen molar-refractivity contribution in [2.24, 2.45) is 0 Å². The van der Waals surface area contributed by atoms with Crippen LogP contribution in [0.15, 0.2) is 65.4 Å². The molecule has 0 spiro atoms. The van der Waals surface area contributed by atoms with E-state index in [-0.39, 0.29) is 17.9 Å². The lowest BCUT2D eigenvalue weighted by Gasteiger charge is -2.32. The van der Waals surface area contributed by atoms with Gasteiger partial charge in [0.1, 0.15) is 5.82 Å². The summed E-state index contributed by atoms with van der Waals surface area (Å²) in [5, 5.41) is 7.34. The van der Waals surface area contributed by atoms with Crippen LogP contribution in [-0.4, -0.2) is 46.7 Å². The molecule has 1 aliphatic rings. The van der Waals surface area contributed by atoms with Gasteiger partial charge < -0.3 is 19.4 Å². The highest BCUT2D eigenvalue weighted by Gasteiger charge is 2.28. The van der Waals surface area contributed by atoms with Gasteiger partial charge in [0, 0.05) is 26.3 Å². The van der Waals surface area contributed by atoms with E-state index in [0.717, 1.165) is 18.4 Å². The zero-order valence-corrected chi connectivity index (χ0v) is 16.7. The molecule has 4 rings (SSSR count). The molecule has 1 unspecified atom stereocenters. The number of ether oxygens (including phenoxy) is 1. The number of aromatic nitrogens is 2. The van der Waals surface area contributed by atoms with Crippen molar-refractivity contribution in [2.75, 3.05) is 25.5 Å². The van der Waals surface area contributed by atoms with E-state index in [1.165, 1.54) is 13.4 Å². The van der Waals surface area contributed by atoms with Crippen molar-refractivity contribution in [2.45, 2.75) is 25.0 Å². The van der Waals surface area contributed by atoms with Gasteiger partial charge in [-0.15, -0.1) is 0 Å². The maximum Gasteiger partial charge on any atom is 0.289 e. The second-order valence-electron chi connectivity index (χ2n) is 7.18. The van der Waals surface area contributed by atoms with Crippen LogP contribution in [0.5, 0.6) is 0 Å². The van der Waals surface area contributed by atoms with Gasteiger partial charge in [-0.05, 0) is 30.5 Å². The Morgan fingerprint density at radius 1 is 1.13 bits per heavy atom. The van der Waals surface area contributed by atoms with Crippen molar-refractivity contribution in [3.8, 4) is 0 Å². The lowest BCUT2D eigenvalue weighted by atomic mass is 10.0. The van der Waals surface area contributed by atoms with E-state index in [1.54, 1.807) is 29.3 Å². The molecule has 156 valence electrons. The number of benzene rings is 1. The van der Waals surface area contributed by atoms with Crippen LogP contribution in [0.4, 0.5) is 5.82 Å². The monoisotopic (exact) mass is 408 g/mol. The number of hydrogen-bond donors (Lipinski definition) is 1. The highest BCUT2D eigenvalue weighted by molar-refractivity contribution is 5.94. The first kappa shape index (κ1) is 19.9. The molecular weight excluding hydrogens is 384 g/mol. The largest absolute Gasteiger partial charge is 0.459 e. The molecule has 30 heavy (non-hydrogen) atoms. The van der Waals surface area contributed by atoms with Gasteiger partial charge in [0.25, 0.3) is 11.8 Å². The van der Waals surface area contributed by atoms with Crippen LogP contribution in [0.1, 0.15) is 41.1 Å². The minimum Gasteiger partial charge on any atom is -0.459 e. The van der Waals surface area contributed by atoms with Gasteiger partial charge in [-0.25, -0.2) is 4.68 Å². The summed E-state index contributed by atoms with van der Waals surface area (Å²) in [6.45, 7) is 1.20. The normalized spacial score (nSPS) is 15.7. The van der Waals surface area contributed by atoms with Gasteiger partial charge in [0.15, 0.2) is 11.9 Å². The Labute approximate surface area is 174 Å². The number of furan rings is 1. The maximum atomic E-state index is 12.8. The third kappa shape index (κ3) is 4.13. The van der Waals surface area contributed by atoms with Gasteiger partial charge >= 0.3 is 0 Å². The van der Waals surface area contributed by atoms with Crippen LogP contribution in [0.25, 0.3) is 0 Å². The Hall–Kier alpha value is -3.39. The number of carbonyl (C=O) groups excluding carboxylic acids is 2. The van der Waals surface area contributed by atoms with Crippen LogP contribution < -0.4 is 5.32 Å². The summed E-state index contributed by atoms with van der Waals surface area (Å²) in [6.07, 6.45) is 3.94. The number of methoxy groups -OCH3 is 1. The number of piperidine rings is 1. The number of carbonyl (C=O) groups is 2. The minimum absolute atomic E-state index is 0.0914. The molecule has 1 saturated heterocycles. The van der Waals surface area contributed by atoms with Crippen molar-refractivity contribution in [1.82, 2.24) is 14.7 Å². The number of hydrogen-bond acceptors (Lipinski definition) is 5. The molecule has 0 saturated carbocycles. The first-order valence-electron chi connectivity index (χ1n) is 9.92. The van der Waals surface area contributed by atoms with Gasteiger partial charge in [-0.2, -0.15) is 5.10 Å². The van der Waals surface area contributed by atoms with E-state index >= 15 is 0 Å². The average molecular weight is 408 g/mol. The van der Waals surface area contributed by atoms with Crippen LogP contribution in [0, 0.1) is 0 Å². The Kier molecular flexibility index (Phi) is 5.94. The second-order valence-corrected chi connectivity index (χ2v) is 7.18. The van der Waals surface area contributed by atoms with Gasteiger partial charge in [-0.3, -0.25) is 9.59 Å². The third-order valence-electron chi connectivity index (χ3n) is 5.33. The van der Waals surface area contributed by atoms with Crippen molar-refractivity contribution in [3.05, 3.63) is 72.3 Å². The summed E-state index contributed by atoms with van der Waals surface area (Å²) in [4.78, 5) is 27.0. The topological polar surface area (TPSA) is 89.6 Å². The molecule has 3 heterocycles. The van der Waals surface area contributed by atoms with E-state index < -0.39 is 6.10 Å². The smallest absolute Gasteiger partial charge is 0.289 e. The zero-order valence-electron chi connectivity index (χ0n) is 16.7. The zero-order chi connectivity index (χ0) is 20.9. The molecule has 0 aliphatic carbocycles. The van der Waals surface area contributed by atoms with Gasteiger partial charge in [0.2, 0.25) is 0 Å². The van der Waals surface area contributed by atoms with Crippen molar-refractivity contribution in [1.29, 1.82) is 0 Å². The Balaban J connectivity index is 1.40. The summed E-state index contributed by atoms with van der Waals surface area (Å²) in [5.74, 6) is 0.620. The summed E-state index contributed by atoms with van der Waals surface area (Å²) in [7, 11) is 1.51. The Bertz CT molecular complexity index is 976. The van der Waals surface area contributed by atoms with Crippen molar-refractivity contribution < 1.29 is 18.7 Å². The summed E-state index contributed by atoms with van der Waals surface area (Å²) >= 11 is 0. The van der Waals surface area contributed by atoms with E-state index in [0.29, 0.717) is 24.7 Å². The van der Waals surface area contributed by atoms with Crippen LogP contribution in [0.2, 0.25) is 0 Å². The number of nitrogens with one attached hydrogen (secondary N) is 1. The standard InChI is InChI=1S/C22H24N4O4/c1-29-20(16-6-3-2-4-7-16)21(27)24-19-9-12-23-26(19)17-10-13-25(14-11-17)22(28)18-8-5-15-30-18/h2-9,12,15,17,20H,10-11,13-14H2,1H3,(H,24,27). The fourth-order valence-electron chi connectivity index (χ4n) is 3.79. The molecule has 3 aromatic rings. The molecule has 2 aromatic heterocycles. The molecule has 1 aromatic carbocycles.